The molecule has 1 saturated heterocycles. The van der Waals surface area contributed by atoms with Crippen LogP contribution >= 0.6 is 0 Å². The Morgan fingerprint density at radius 3 is 2.52 bits per heavy atom. The van der Waals surface area contributed by atoms with Gasteiger partial charge in [-0.05, 0) is 55.2 Å². The number of benzene rings is 2. The van der Waals surface area contributed by atoms with Crippen LogP contribution in [0.5, 0.6) is 0 Å². The minimum atomic E-state index is 0.195. The van der Waals surface area contributed by atoms with Crippen molar-refractivity contribution >= 4 is 5.91 Å². The predicted octanol–water partition coefficient (Wildman–Crippen LogP) is 4.28. The largest absolute Gasteiger partial charge is 0.353 e. The number of piperidine rings is 1. The summed E-state index contributed by atoms with van der Waals surface area (Å²) in [4.78, 5) is 15.0. The number of rotatable bonds is 5. The fourth-order valence-electron chi connectivity index (χ4n) is 4.67. The van der Waals surface area contributed by atoms with Crippen molar-refractivity contribution < 1.29 is 4.79 Å². The summed E-state index contributed by atoms with van der Waals surface area (Å²) >= 11 is 0. The van der Waals surface area contributed by atoms with E-state index in [1.165, 1.54) is 36.0 Å². The highest BCUT2D eigenvalue weighted by atomic mass is 16.1. The summed E-state index contributed by atoms with van der Waals surface area (Å²) in [5.41, 5.74) is 4.30. The van der Waals surface area contributed by atoms with E-state index in [2.05, 4.69) is 46.6 Å². The van der Waals surface area contributed by atoms with Crippen LogP contribution in [0.3, 0.4) is 0 Å². The van der Waals surface area contributed by atoms with E-state index >= 15 is 0 Å². The Bertz CT molecular complexity index is 750. The molecule has 1 fully saturated rings. The average molecular weight is 363 g/mol. The maximum atomic E-state index is 12.3. The molecular formula is C24H30N2O. The van der Waals surface area contributed by atoms with E-state index in [1.807, 2.05) is 18.2 Å². The molecule has 0 spiro atoms. The summed E-state index contributed by atoms with van der Waals surface area (Å²) in [6.45, 7) is 2.17. The lowest BCUT2D eigenvalue weighted by molar-refractivity contribution is -0.122. The predicted molar refractivity (Wildman–Crippen MR) is 110 cm³/mol. The second-order valence-corrected chi connectivity index (χ2v) is 7.97. The molecule has 1 aliphatic heterocycles. The maximum Gasteiger partial charge on any atom is 0.220 e. The van der Waals surface area contributed by atoms with Gasteiger partial charge in [-0.1, -0.05) is 54.6 Å². The van der Waals surface area contributed by atoms with Crippen LogP contribution in [0, 0.1) is 0 Å². The molecule has 1 amide bonds. The molecule has 0 bridgehead atoms. The van der Waals surface area contributed by atoms with E-state index in [0.29, 0.717) is 18.5 Å². The van der Waals surface area contributed by atoms with Crippen molar-refractivity contribution in [1.29, 1.82) is 0 Å². The number of hydrogen-bond acceptors (Lipinski definition) is 2. The SMILES string of the molecule is O=C(CCc1ccccc1)NC1CCN([C@@H]2CCCc3ccccc32)CC1. The van der Waals surface area contributed by atoms with E-state index in [4.69, 9.17) is 0 Å². The van der Waals surface area contributed by atoms with E-state index in [9.17, 15) is 4.79 Å². The molecule has 1 atom stereocenters. The van der Waals surface area contributed by atoms with E-state index in [-0.39, 0.29) is 5.91 Å². The molecule has 0 aromatic heterocycles. The second-order valence-electron chi connectivity index (χ2n) is 7.97. The van der Waals surface area contributed by atoms with Gasteiger partial charge in [0.2, 0.25) is 5.91 Å². The van der Waals surface area contributed by atoms with Gasteiger partial charge in [0.15, 0.2) is 0 Å². The molecule has 0 unspecified atom stereocenters. The summed E-state index contributed by atoms with van der Waals surface area (Å²) in [5.74, 6) is 0.195. The van der Waals surface area contributed by atoms with Gasteiger partial charge in [-0.25, -0.2) is 0 Å². The lowest BCUT2D eigenvalue weighted by Gasteiger charge is -2.40. The highest BCUT2D eigenvalue weighted by Gasteiger charge is 2.29. The number of nitrogens with one attached hydrogen (secondary N) is 1. The smallest absolute Gasteiger partial charge is 0.220 e. The van der Waals surface area contributed by atoms with Gasteiger partial charge < -0.3 is 5.32 Å². The van der Waals surface area contributed by atoms with Crippen LogP contribution < -0.4 is 5.32 Å². The molecule has 142 valence electrons. The zero-order valence-electron chi connectivity index (χ0n) is 16.1. The quantitative estimate of drug-likeness (QED) is 0.861. The van der Waals surface area contributed by atoms with Crippen LogP contribution in [-0.4, -0.2) is 29.9 Å². The monoisotopic (exact) mass is 362 g/mol. The summed E-state index contributed by atoms with van der Waals surface area (Å²) in [6.07, 6.45) is 7.32. The van der Waals surface area contributed by atoms with Crippen molar-refractivity contribution in [3.05, 3.63) is 71.3 Å². The highest BCUT2D eigenvalue weighted by Crippen LogP contribution is 2.35. The topological polar surface area (TPSA) is 32.3 Å². The first-order valence-corrected chi connectivity index (χ1v) is 10.4. The maximum absolute atomic E-state index is 12.3. The van der Waals surface area contributed by atoms with Crippen molar-refractivity contribution in [3.8, 4) is 0 Å². The Morgan fingerprint density at radius 2 is 1.70 bits per heavy atom. The van der Waals surface area contributed by atoms with Crippen LogP contribution in [-0.2, 0) is 17.6 Å². The minimum Gasteiger partial charge on any atom is -0.353 e. The summed E-state index contributed by atoms with van der Waals surface area (Å²) in [7, 11) is 0. The fraction of sp³-hybridized carbons (Fsp3) is 0.458. The second kappa shape index (κ2) is 8.71. The van der Waals surface area contributed by atoms with Crippen molar-refractivity contribution in [1.82, 2.24) is 10.2 Å². The molecule has 27 heavy (non-hydrogen) atoms. The molecule has 2 aliphatic rings. The number of nitrogens with zero attached hydrogens (tertiary/aromatic N) is 1. The number of aryl methyl sites for hydroxylation is 2. The van der Waals surface area contributed by atoms with Crippen LogP contribution in [0.25, 0.3) is 0 Å². The third-order valence-electron chi connectivity index (χ3n) is 6.16. The van der Waals surface area contributed by atoms with Crippen LogP contribution in [0.4, 0.5) is 0 Å². The first kappa shape index (κ1) is 18.2. The molecular weight excluding hydrogens is 332 g/mol. The van der Waals surface area contributed by atoms with Gasteiger partial charge in [0.25, 0.3) is 0 Å². The van der Waals surface area contributed by atoms with Crippen molar-refractivity contribution in [3.63, 3.8) is 0 Å². The Kier molecular flexibility index (Phi) is 5.88. The van der Waals surface area contributed by atoms with Crippen molar-refractivity contribution in [2.24, 2.45) is 0 Å². The number of carbonyl (C=O) groups excluding carboxylic acids is 1. The van der Waals surface area contributed by atoms with Gasteiger partial charge in [0.1, 0.15) is 0 Å². The zero-order chi connectivity index (χ0) is 18.5. The first-order chi connectivity index (χ1) is 13.3. The third kappa shape index (κ3) is 4.59. The number of amides is 1. The first-order valence-electron chi connectivity index (χ1n) is 10.4. The molecule has 4 rings (SSSR count). The molecule has 0 radical (unpaired) electrons. The molecule has 2 aromatic rings. The lowest BCUT2D eigenvalue weighted by Crippen LogP contribution is -2.46. The normalized spacial score (nSPS) is 20.8. The van der Waals surface area contributed by atoms with Gasteiger partial charge in [-0.3, -0.25) is 9.69 Å². The van der Waals surface area contributed by atoms with Crippen molar-refractivity contribution in [2.75, 3.05) is 13.1 Å². The standard InChI is InChI=1S/C24H30N2O/c27-24(14-13-19-7-2-1-3-8-19)25-21-15-17-26(18-16-21)23-12-6-10-20-9-4-5-11-22(20)23/h1-5,7-9,11,21,23H,6,10,12-18H2,(H,25,27)/t23-/m1/s1. The Balaban J connectivity index is 1.25. The van der Waals surface area contributed by atoms with Crippen LogP contribution in [0.2, 0.25) is 0 Å². The van der Waals surface area contributed by atoms with Gasteiger partial charge in [0.05, 0.1) is 0 Å². The number of fused-ring (bicyclic) bond motifs is 1. The molecule has 0 saturated carbocycles. The molecule has 3 heteroatoms. The van der Waals surface area contributed by atoms with E-state index in [1.54, 1.807) is 0 Å². The van der Waals surface area contributed by atoms with Gasteiger partial charge in [-0.2, -0.15) is 0 Å². The summed E-state index contributed by atoms with van der Waals surface area (Å²) in [5, 5.41) is 3.27. The molecule has 1 heterocycles. The minimum absolute atomic E-state index is 0.195. The average Bonchev–Trinajstić information content (AvgIpc) is 2.73. The zero-order valence-corrected chi connectivity index (χ0v) is 16.1. The number of likely N-dealkylation sites (tertiary alicyclic amines) is 1. The number of hydrogen-bond donors (Lipinski definition) is 1. The third-order valence-corrected chi connectivity index (χ3v) is 6.16. The Labute approximate surface area is 162 Å². The van der Waals surface area contributed by atoms with Gasteiger partial charge in [-0.15, -0.1) is 0 Å². The lowest BCUT2D eigenvalue weighted by atomic mass is 9.86. The molecule has 2 aromatic carbocycles. The molecule has 1 aliphatic carbocycles. The number of carbonyl (C=O) groups is 1. The van der Waals surface area contributed by atoms with E-state index in [0.717, 1.165) is 32.4 Å². The van der Waals surface area contributed by atoms with Crippen LogP contribution in [0.15, 0.2) is 54.6 Å². The highest BCUT2D eigenvalue weighted by molar-refractivity contribution is 5.76. The molecule has 1 N–H and O–H groups in total. The van der Waals surface area contributed by atoms with Crippen LogP contribution in [0.1, 0.15) is 54.8 Å². The van der Waals surface area contributed by atoms with Gasteiger partial charge in [0, 0.05) is 31.6 Å². The fourth-order valence-corrected chi connectivity index (χ4v) is 4.67. The summed E-state index contributed by atoms with van der Waals surface area (Å²) in [6, 6.07) is 20.1. The summed E-state index contributed by atoms with van der Waals surface area (Å²) < 4.78 is 0. The van der Waals surface area contributed by atoms with Gasteiger partial charge >= 0.3 is 0 Å². The Morgan fingerprint density at radius 1 is 0.963 bits per heavy atom. The van der Waals surface area contributed by atoms with E-state index < -0.39 is 0 Å². The van der Waals surface area contributed by atoms with Crippen molar-refractivity contribution in [2.45, 2.75) is 57.0 Å². The molecule has 3 nitrogen and oxygen atoms in total. The Hall–Kier alpha value is -2.13.